The maximum Gasteiger partial charge on any atom is 0.323 e. The second-order valence-electron chi connectivity index (χ2n) is 4.47. The molecule has 1 aromatic carbocycles. The van der Waals surface area contributed by atoms with E-state index in [0.29, 0.717) is 13.2 Å². The van der Waals surface area contributed by atoms with Gasteiger partial charge in [0.1, 0.15) is 17.9 Å². The maximum absolute atomic E-state index is 10.8. The summed E-state index contributed by atoms with van der Waals surface area (Å²) < 4.78 is 5.56. The van der Waals surface area contributed by atoms with E-state index in [-0.39, 0.29) is 0 Å². The Balaban J connectivity index is 2.35. The number of benzene rings is 1. The third-order valence-electron chi connectivity index (χ3n) is 2.55. The van der Waals surface area contributed by atoms with E-state index in [9.17, 15) is 4.79 Å². The van der Waals surface area contributed by atoms with Crippen LogP contribution in [0.1, 0.15) is 19.4 Å². The molecule has 0 aromatic heterocycles. The van der Waals surface area contributed by atoms with Crippen LogP contribution in [-0.4, -0.2) is 29.8 Å². The van der Waals surface area contributed by atoms with Crippen LogP contribution in [-0.2, 0) is 4.79 Å². The molecular formula is C13H19NO3. The Bertz CT molecular complexity index is 388. The zero-order valence-electron chi connectivity index (χ0n) is 10.5. The summed E-state index contributed by atoms with van der Waals surface area (Å²) in [4.78, 5) is 10.8. The van der Waals surface area contributed by atoms with Gasteiger partial charge in [0, 0.05) is 6.54 Å². The average Bonchev–Trinajstić information content (AvgIpc) is 2.26. The van der Waals surface area contributed by atoms with Crippen molar-refractivity contribution in [1.82, 2.24) is 5.32 Å². The van der Waals surface area contributed by atoms with Crippen LogP contribution in [0, 0.1) is 6.92 Å². The van der Waals surface area contributed by atoms with Gasteiger partial charge in [-0.25, -0.2) is 0 Å². The van der Waals surface area contributed by atoms with Crippen molar-refractivity contribution in [3.8, 4) is 5.75 Å². The van der Waals surface area contributed by atoms with Crippen LogP contribution < -0.4 is 10.1 Å². The fraction of sp³-hybridized carbons (Fsp3) is 0.462. The molecule has 0 heterocycles. The van der Waals surface area contributed by atoms with Crippen molar-refractivity contribution in [2.45, 2.75) is 26.3 Å². The van der Waals surface area contributed by atoms with E-state index in [1.165, 1.54) is 0 Å². The minimum absolute atomic E-state index is 0.446. The molecular weight excluding hydrogens is 218 g/mol. The van der Waals surface area contributed by atoms with Crippen LogP contribution in [0.15, 0.2) is 24.3 Å². The average molecular weight is 237 g/mol. The molecule has 17 heavy (non-hydrogen) atoms. The van der Waals surface area contributed by atoms with Crippen LogP contribution in [0.5, 0.6) is 5.75 Å². The van der Waals surface area contributed by atoms with Crippen LogP contribution in [0.4, 0.5) is 0 Å². The number of carboxylic acids is 1. The Morgan fingerprint density at radius 1 is 1.41 bits per heavy atom. The van der Waals surface area contributed by atoms with Crippen molar-refractivity contribution in [2.75, 3.05) is 13.2 Å². The van der Waals surface area contributed by atoms with Gasteiger partial charge in [0.15, 0.2) is 0 Å². The molecule has 0 amide bonds. The van der Waals surface area contributed by atoms with Crippen molar-refractivity contribution < 1.29 is 14.6 Å². The Morgan fingerprint density at radius 3 is 2.65 bits per heavy atom. The second kappa shape index (κ2) is 5.68. The fourth-order valence-corrected chi connectivity index (χ4v) is 1.32. The predicted octanol–water partition coefficient (Wildman–Crippen LogP) is 1.83. The van der Waals surface area contributed by atoms with Crippen LogP contribution in [0.25, 0.3) is 0 Å². The maximum atomic E-state index is 10.8. The molecule has 0 spiro atoms. The summed E-state index contributed by atoms with van der Waals surface area (Å²) >= 11 is 0. The predicted molar refractivity (Wildman–Crippen MR) is 66.4 cm³/mol. The number of nitrogens with one attached hydrogen (secondary N) is 1. The summed E-state index contributed by atoms with van der Waals surface area (Å²) in [6.07, 6.45) is 0. The van der Waals surface area contributed by atoms with Crippen molar-refractivity contribution in [3.63, 3.8) is 0 Å². The second-order valence-corrected chi connectivity index (χ2v) is 4.47. The summed E-state index contributed by atoms with van der Waals surface area (Å²) in [6, 6.07) is 7.74. The van der Waals surface area contributed by atoms with Crippen molar-refractivity contribution in [3.05, 3.63) is 29.8 Å². The largest absolute Gasteiger partial charge is 0.492 e. The zero-order valence-corrected chi connectivity index (χ0v) is 10.5. The molecule has 0 aliphatic rings. The summed E-state index contributed by atoms with van der Waals surface area (Å²) in [5.41, 5.74) is 0.153. The lowest BCUT2D eigenvalue weighted by Gasteiger charge is -2.21. The van der Waals surface area contributed by atoms with E-state index in [1.54, 1.807) is 13.8 Å². The van der Waals surface area contributed by atoms with Crippen molar-refractivity contribution in [2.24, 2.45) is 0 Å². The zero-order chi connectivity index (χ0) is 12.9. The first kappa shape index (κ1) is 13.5. The summed E-state index contributed by atoms with van der Waals surface area (Å²) in [5.74, 6) is -0.0316. The Labute approximate surface area is 102 Å². The highest BCUT2D eigenvalue weighted by molar-refractivity contribution is 5.77. The number of hydrogen-bond donors (Lipinski definition) is 2. The monoisotopic (exact) mass is 237 g/mol. The molecule has 0 aliphatic heterocycles. The highest BCUT2D eigenvalue weighted by atomic mass is 16.5. The minimum atomic E-state index is -0.922. The number of carbonyl (C=O) groups is 1. The van der Waals surface area contributed by atoms with Crippen molar-refractivity contribution in [1.29, 1.82) is 0 Å². The van der Waals surface area contributed by atoms with Crippen LogP contribution in [0.3, 0.4) is 0 Å². The van der Waals surface area contributed by atoms with Crippen molar-refractivity contribution >= 4 is 5.97 Å². The highest BCUT2D eigenvalue weighted by Gasteiger charge is 2.25. The molecule has 4 nitrogen and oxygen atoms in total. The first-order chi connectivity index (χ1) is 7.93. The lowest BCUT2D eigenvalue weighted by Crippen LogP contribution is -2.48. The van der Waals surface area contributed by atoms with Gasteiger partial charge in [-0.15, -0.1) is 0 Å². The molecule has 0 radical (unpaired) electrons. The molecule has 1 rings (SSSR count). The van der Waals surface area contributed by atoms with E-state index >= 15 is 0 Å². The smallest absolute Gasteiger partial charge is 0.323 e. The van der Waals surface area contributed by atoms with Crippen LogP contribution in [0.2, 0.25) is 0 Å². The highest BCUT2D eigenvalue weighted by Crippen LogP contribution is 2.15. The van der Waals surface area contributed by atoms with Gasteiger partial charge in [0.25, 0.3) is 0 Å². The third-order valence-corrected chi connectivity index (χ3v) is 2.55. The Morgan fingerprint density at radius 2 is 2.06 bits per heavy atom. The molecule has 2 N–H and O–H groups in total. The van der Waals surface area contributed by atoms with Gasteiger partial charge < -0.3 is 9.84 Å². The minimum Gasteiger partial charge on any atom is -0.492 e. The number of hydrogen-bond acceptors (Lipinski definition) is 3. The number of aliphatic carboxylic acids is 1. The van der Waals surface area contributed by atoms with Crippen LogP contribution >= 0.6 is 0 Å². The number of ether oxygens (including phenoxy) is 1. The first-order valence-corrected chi connectivity index (χ1v) is 5.60. The number of aryl methyl sites for hydroxylation is 1. The Kier molecular flexibility index (Phi) is 4.52. The first-order valence-electron chi connectivity index (χ1n) is 5.60. The molecule has 0 bridgehead atoms. The van der Waals surface area contributed by atoms with Gasteiger partial charge in [-0.05, 0) is 32.4 Å². The lowest BCUT2D eigenvalue weighted by atomic mass is 10.1. The molecule has 0 fully saturated rings. The van der Waals surface area contributed by atoms with E-state index in [4.69, 9.17) is 9.84 Å². The quantitative estimate of drug-likeness (QED) is 0.741. The number of para-hydroxylation sites is 1. The Hall–Kier alpha value is -1.55. The van der Waals surface area contributed by atoms with Gasteiger partial charge in [-0.1, -0.05) is 18.2 Å². The van der Waals surface area contributed by atoms with E-state index in [2.05, 4.69) is 5.32 Å². The molecule has 0 atom stereocenters. The van der Waals surface area contributed by atoms with E-state index in [1.807, 2.05) is 31.2 Å². The van der Waals surface area contributed by atoms with Gasteiger partial charge in [-0.2, -0.15) is 0 Å². The molecule has 0 unspecified atom stereocenters. The molecule has 0 saturated carbocycles. The fourth-order valence-electron chi connectivity index (χ4n) is 1.32. The topological polar surface area (TPSA) is 58.6 Å². The SMILES string of the molecule is Cc1ccccc1OCCNC(C)(C)C(=O)O. The standard InChI is InChI=1S/C13H19NO3/c1-10-6-4-5-7-11(10)17-9-8-14-13(2,3)12(15)16/h4-7,14H,8-9H2,1-3H3,(H,15,16). The summed E-state index contributed by atoms with van der Waals surface area (Å²) in [5, 5.41) is 11.8. The lowest BCUT2D eigenvalue weighted by molar-refractivity contribution is -0.143. The third kappa shape index (κ3) is 4.07. The molecule has 1 aromatic rings. The summed E-state index contributed by atoms with van der Waals surface area (Å²) in [7, 11) is 0. The molecule has 94 valence electrons. The number of rotatable bonds is 6. The van der Waals surface area contributed by atoms with E-state index < -0.39 is 11.5 Å². The molecule has 0 saturated heterocycles. The summed E-state index contributed by atoms with van der Waals surface area (Å²) in [6.45, 7) is 6.17. The van der Waals surface area contributed by atoms with Gasteiger partial charge in [0.2, 0.25) is 0 Å². The van der Waals surface area contributed by atoms with Gasteiger partial charge in [0.05, 0.1) is 0 Å². The van der Waals surface area contributed by atoms with Gasteiger partial charge in [-0.3, -0.25) is 10.1 Å². The molecule has 4 heteroatoms. The normalized spacial score (nSPS) is 11.2. The molecule has 0 aliphatic carbocycles. The van der Waals surface area contributed by atoms with Gasteiger partial charge >= 0.3 is 5.97 Å². The van der Waals surface area contributed by atoms with E-state index in [0.717, 1.165) is 11.3 Å². The number of carboxylic acid groups (broad SMARTS) is 1.